The maximum absolute atomic E-state index is 12.9. The summed E-state index contributed by atoms with van der Waals surface area (Å²) in [6.45, 7) is 4.50. The molecular weight excluding hydrogens is 333 g/mol. The van der Waals surface area contributed by atoms with Crippen molar-refractivity contribution < 1.29 is 14.2 Å². The van der Waals surface area contributed by atoms with Crippen LogP contribution in [0.25, 0.3) is 0 Å². The van der Waals surface area contributed by atoms with Crippen LogP contribution in [0.4, 0.5) is 4.39 Å². The van der Waals surface area contributed by atoms with Crippen molar-refractivity contribution in [1.82, 2.24) is 10.6 Å². The Morgan fingerprint density at radius 3 is 2.65 bits per heavy atom. The Kier molecular flexibility index (Phi) is 9.42. The zero-order chi connectivity index (χ0) is 18.6. The summed E-state index contributed by atoms with van der Waals surface area (Å²) in [5.41, 5.74) is 0.659. The van der Waals surface area contributed by atoms with Crippen molar-refractivity contribution in [2.45, 2.75) is 57.7 Å². The van der Waals surface area contributed by atoms with Gasteiger partial charge in [-0.3, -0.25) is 4.99 Å². The molecule has 0 saturated heterocycles. The molecule has 5 nitrogen and oxygen atoms in total. The van der Waals surface area contributed by atoms with Crippen LogP contribution < -0.4 is 10.6 Å². The minimum Gasteiger partial charge on any atom is -0.386 e. The van der Waals surface area contributed by atoms with Crippen LogP contribution in [0.5, 0.6) is 0 Å². The van der Waals surface area contributed by atoms with Crippen LogP contribution in [0, 0.1) is 5.82 Å². The molecule has 1 atom stereocenters. The molecule has 1 aliphatic carbocycles. The first kappa shape index (κ1) is 20.6. The summed E-state index contributed by atoms with van der Waals surface area (Å²) >= 11 is 0. The average Bonchev–Trinajstić information content (AvgIpc) is 2.67. The fraction of sp³-hybridized carbons (Fsp3) is 0.650. The van der Waals surface area contributed by atoms with Crippen LogP contribution in [-0.2, 0) is 4.74 Å². The summed E-state index contributed by atoms with van der Waals surface area (Å²) in [6, 6.07) is 5.85. The van der Waals surface area contributed by atoms with Gasteiger partial charge >= 0.3 is 0 Å². The van der Waals surface area contributed by atoms with E-state index in [1.165, 1.54) is 44.2 Å². The highest BCUT2D eigenvalue weighted by molar-refractivity contribution is 5.79. The van der Waals surface area contributed by atoms with Gasteiger partial charge < -0.3 is 20.5 Å². The second kappa shape index (κ2) is 11.9. The molecular formula is C20H32FN3O2. The fourth-order valence-corrected chi connectivity index (χ4v) is 3.07. The second-order valence-corrected chi connectivity index (χ2v) is 6.70. The molecule has 0 spiro atoms. The molecule has 0 radical (unpaired) electrons. The van der Waals surface area contributed by atoms with E-state index < -0.39 is 6.10 Å². The highest BCUT2D eigenvalue weighted by Crippen LogP contribution is 2.20. The molecule has 2 rings (SSSR count). The van der Waals surface area contributed by atoms with Crippen molar-refractivity contribution in [3.05, 3.63) is 35.6 Å². The molecule has 1 aromatic carbocycles. The van der Waals surface area contributed by atoms with Gasteiger partial charge in [0.05, 0.1) is 18.8 Å². The molecule has 0 aliphatic heterocycles. The van der Waals surface area contributed by atoms with Gasteiger partial charge in [0.25, 0.3) is 0 Å². The van der Waals surface area contributed by atoms with Crippen molar-refractivity contribution in [2.75, 3.05) is 26.2 Å². The van der Waals surface area contributed by atoms with Crippen LogP contribution in [-0.4, -0.2) is 43.4 Å². The van der Waals surface area contributed by atoms with Crippen LogP contribution in [0.15, 0.2) is 29.3 Å². The average molecular weight is 365 g/mol. The zero-order valence-corrected chi connectivity index (χ0v) is 15.7. The minimum absolute atomic E-state index is 0.222. The summed E-state index contributed by atoms with van der Waals surface area (Å²) in [4.78, 5) is 4.41. The highest BCUT2D eigenvalue weighted by atomic mass is 19.1. The van der Waals surface area contributed by atoms with Crippen molar-refractivity contribution in [3.8, 4) is 0 Å². The van der Waals surface area contributed by atoms with Crippen molar-refractivity contribution >= 4 is 5.96 Å². The summed E-state index contributed by atoms with van der Waals surface area (Å²) < 4.78 is 18.9. The van der Waals surface area contributed by atoms with Crippen molar-refractivity contribution in [3.63, 3.8) is 0 Å². The van der Waals surface area contributed by atoms with E-state index in [0.717, 1.165) is 26.1 Å². The highest BCUT2D eigenvalue weighted by Gasteiger charge is 2.13. The summed E-state index contributed by atoms with van der Waals surface area (Å²) in [5.74, 6) is 0.362. The third-order valence-electron chi connectivity index (χ3n) is 4.54. The van der Waals surface area contributed by atoms with Gasteiger partial charge in [-0.25, -0.2) is 4.39 Å². The number of rotatable bonds is 9. The van der Waals surface area contributed by atoms with Gasteiger partial charge in [-0.1, -0.05) is 31.4 Å². The Labute approximate surface area is 156 Å². The van der Waals surface area contributed by atoms with Crippen LogP contribution in [0.3, 0.4) is 0 Å². The first-order valence-corrected chi connectivity index (χ1v) is 9.76. The van der Waals surface area contributed by atoms with E-state index in [1.807, 2.05) is 6.92 Å². The number of aliphatic hydroxyl groups is 1. The van der Waals surface area contributed by atoms with E-state index in [9.17, 15) is 9.50 Å². The standard InChI is InChI=1S/C20H32FN3O2/c1-2-22-20(23-13-6-14-26-18-7-4-3-5-8-18)24-15-19(25)16-9-11-17(21)12-10-16/h9-12,18-19,25H,2-8,13-15H2,1H3,(H2,22,23,24). The van der Waals surface area contributed by atoms with E-state index >= 15 is 0 Å². The number of halogens is 1. The lowest BCUT2D eigenvalue weighted by molar-refractivity contribution is 0.0277. The van der Waals surface area contributed by atoms with E-state index in [-0.39, 0.29) is 12.4 Å². The molecule has 1 aromatic rings. The predicted molar refractivity (Wildman–Crippen MR) is 103 cm³/mol. The maximum atomic E-state index is 12.9. The third kappa shape index (κ3) is 7.70. The van der Waals surface area contributed by atoms with Crippen LogP contribution in [0.1, 0.15) is 57.1 Å². The summed E-state index contributed by atoms with van der Waals surface area (Å²) in [6.07, 6.45) is 6.91. The summed E-state index contributed by atoms with van der Waals surface area (Å²) in [5, 5.41) is 16.6. The van der Waals surface area contributed by atoms with E-state index in [0.29, 0.717) is 17.6 Å². The lowest BCUT2D eigenvalue weighted by atomic mass is 9.98. The molecule has 0 bridgehead atoms. The van der Waals surface area contributed by atoms with E-state index in [1.54, 1.807) is 12.1 Å². The Balaban J connectivity index is 1.69. The van der Waals surface area contributed by atoms with Crippen molar-refractivity contribution in [2.24, 2.45) is 4.99 Å². The number of ether oxygens (including phenoxy) is 1. The van der Waals surface area contributed by atoms with Gasteiger partial charge in [0.15, 0.2) is 5.96 Å². The molecule has 0 amide bonds. The molecule has 0 heterocycles. The van der Waals surface area contributed by atoms with Gasteiger partial charge in [0, 0.05) is 19.7 Å². The normalized spacial score (nSPS) is 17.1. The van der Waals surface area contributed by atoms with Gasteiger partial charge in [0.1, 0.15) is 5.82 Å². The van der Waals surface area contributed by atoms with Crippen LogP contribution >= 0.6 is 0 Å². The zero-order valence-electron chi connectivity index (χ0n) is 15.7. The molecule has 6 heteroatoms. The quantitative estimate of drug-likeness (QED) is 0.357. The SMILES string of the molecule is CCNC(=NCC(O)c1ccc(F)cc1)NCCCOC1CCCCC1. The number of nitrogens with zero attached hydrogens (tertiary/aromatic N) is 1. The Morgan fingerprint density at radius 1 is 1.23 bits per heavy atom. The maximum Gasteiger partial charge on any atom is 0.191 e. The minimum atomic E-state index is -0.749. The Hall–Kier alpha value is -1.66. The molecule has 146 valence electrons. The van der Waals surface area contributed by atoms with Gasteiger partial charge in [-0.2, -0.15) is 0 Å². The number of hydrogen-bond donors (Lipinski definition) is 3. The monoisotopic (exact) mass is 365 g/mol. The molecule has 1 aliphatic rings. The number of guanidine groups is 1. The number of aliphatic hydroxyl groups excluding tert-OH is 1. The first-order valence-electron chi connectivity index (χ1n) is 9.76. The molecule has 0 aromatic heterocycles. The van der Waals surface area contributed by atoms with E-state index in [4.69, 9.17) is 4.74 Å². The number of hydrogen-bond acceptors (Lipinski definition) is 3. The first-order chi connectivity index (χ1) is 12.7. The lowest BCUT2D eigenvalue weighted by Gasteiger charge is -2.22. The number of aliphatic imine (C=N–C) groups is 1. The molecule has 1 saturated carbocycles. The van der Waals surface area contributed by atoms with Gasteiger partial charge in [0.2, 0.25) is 0 Å². The topological polar surface area (TPSA) is 65.9 Å². The van der Waals surface area contributed by atoms with Crippen molar-refractivity contribution in [1.29, 1.82) is 0 Å². The smallest absolute Gasteiger partial charge is 0.191 e. The lowest BCUT2D eigenvalue weighted by Crippen LogP contribution is -2.38. The van der Waals surface area contributed by atoms with Gasteiger partial charge in [-0.05, 0) is 43.9 Å². The third-order valence-corrected chi connectivity index (χ3v) is 4.54. The summed E-state index contributed by atoms with van der Waals surface area (Å²) in [7, 11) is 0. The predicted octanol–water partition coefficient (Wildman–Crippen LogP) is 3.15. The Morgan fingerprint density at radius 2 is 1.96 bits per heavy atom. The number of benzene rings is 1. The molecule has 26 heavy (non-hydrogen) atoms. The fourth-order valence-electron chi connectivity index (χ4n) is 3.07. The molecule has 3 N–H and O–H groups in total. The van der Waals surface area contributed by atoms with Gasteiger partial charge in [-0.15, -0.1) is 0 Å². The second-order valence-electron chi connectivity index (χ2n) is 6.70. The molecule has 1 fully saturated rings. The largest absolute Gasteiger partial charge is 0.386 e. The molecule has 1 unspecified atom stereocenters. The Bertz CT molecular complexity index is 530. The van der Waals surface area contributed by atoms with Crippen LogP contribution in [0.2, 0.25) is 0 Å². The number of nitrogens with one attached hydrogen (secondary N) is 2. The van der Waals surface area contributed by atoms with E-state index in [2.05, 4.69) is 15.6 Å².